The van der Waals surface area contributed by atoms with E-state index in [1.165, 1.54) is 21.3 Å². The predicted octanol–water partition coefficient (Wildman–Crippen LogP) is 2.77. The number of nitrogens with one attached hydrogen (secondary N) is 1. The minimum atomic E-state index is -0.301. The van der Waals surface area contributed by atoms with Crippen LogP contribution in [0.5, 0.6) is 0 Å². The van der Waals surface area contributed by atoms with Crippen LogP contribution in [0.1, 0.15) is 17.4 Å². The first-order valence-corrected chi connectivity index (χ1v) is 7.41. The predicted molar refractivity (Wildman–Crippen MR) is 83.4 cm³/mol. The van der Waals surface area contributed by atoms with Gasteiger partial charge in [-0.2, -0.15) is 5.10 Å². The van der Waals surface area contributed by atoms with Crippen LogP contribution < -0.4 is 10.9 Å². The van der Waals surface area contributed by atoms with E-state index in [9.17, 15) is 4.79 Å². The molecule has 0 aliphatic heterocycles. The molecule has 2 rings (SSSR count). The number of hydrogen-bond acceptors (Lipinski definition) is 4. The lowest BCUT2D eigenvalue weighted by atomic mass is 10.2. The summed E-state index contributed by atoms with van der Waals surface area (Å²) in [6, 6.07) is 2.09. The van der Waals surface area contributed by atoms with Crippen molar-refractivity contribution in [2.24, 2.45) is 0 Å². The highest BCUT2D eigenvalue weighted by Crippen LogP contribution is 2.21. The van der Waals surface area contributed by atoms with Crippen LogP contribution in [0.4, 0.5) is 5.69 Å². The number of aromatic nitrogens is 2. The van der Waals surface area contributed by atoms with Crippen LogP contribution >= 0.6 is 22.9 Å². The second kappa shape index (κ2) is 6.60. The maximum Gasteiger partial charge on any atom is 0.292 e. The lowest BCUT2D eigenvalue weighted by Gasteiger charge is -2.09. The van der Waals surface area contributed by atoms with Crippen molar-refractivity contribution in [1.29, 1.82) is 0 Å². The van der Waals surface area contributed by atoms with Crippen LogP contribution in [0.2, 0.25) is 5.02 Å². The van der Waals surface area contributed by atoms with Crippen LogP contribution in [0.15, 0.2) is 22.4 Å². The Morgan fingerprint density at radius 3 is 3.10 bits per heavy atom. The molecule has 0 aromatic carbocycles. The highest BCUT2D eigenvalue weighted by Gasteiger charge is 2.10. The summed E-state index contributed by atoms with van der Waals surface area (Å²) in [5.41, 5.74) is 1.31. The minimum Gasteiger partial charge on any atom is -0.374 e. The fourth-order valence-corrected chi connectivity index (χ4v) is 2.94. The molecule has 0 saturated carbocycles. The first-order valence-electron chi connectivity index (χ1n) is 6.15. The van der Waals surface area contributed by atoms with E-state index in [2.05, 4.69) is 29.3 Å². The molecule has 0 spiro atoms. The van der Waals surface area contributed by atoms with Gasteiger partial charge in [0, 0.05) is 11.4 Å². The monoisotopic (exact) mass is 307 g/mol. The fourth-order valence-electron chi connectivity index (χ4n) is 1.83. The molecule has 0 unspecified atom stereocenters. The number of terminal acetylenes is 1. The topological polar surface area (TPSA) is 46.9 Å². The number of anilines is 1. The molecule has 2 heterocycles. The molecule has 0 atom stereocenters. The van der Waals surface area contributed by atoms with Crippen LogP contribution in [-0.4, -0.2) is 9.78 Å². The number of rotatable bonds is 5. The van der Waals surface area contributed by atoms with Gasteiger partial charge in [-0.1, -0.05) is 24.4 Å². The molecule has 2 aromatic rings. The van der Waals surface area contributed by atoms with E-state index in [1.54, 1.807) is 11.3 Å². The van der Waals surface area contributed by atoms with Gasteiger partial charge in [-0.05, 0) is 23.4 Å². The Bertz CT molecular complexity index is 699. The third kappa shape index (κ3) is 3.03. The molecule has 0 aliphatic rings. The lowest BCUT2D eigenvalue weighted by molar-refractivity contribution is 0.664. The lowest BCUT2D eigenvalue weighted by Crippen LogP contribution is -2.25. The molecule has 0 amide bonds. The molecule has 0 saturated heterocycles. The molecule has 4 nitrogen and oxygen atoms in total. The van der Waals surface area contributed by atoms with Crippen molar-refractivity contribution in [2.75, 3.05) is 5.32 Å². The largest absolute Gasteiger partial charge is 0.374 e. The van der Waals surface area contributed by atoms with Crippen molar-refractivity contribution in [3.63, 3.8) is 0 Å². The van der Waals surface area contributed by atoms with E-state index in [0.29, 0.717) is 17.3 Å². The van der Waals surface area contributed by atoms with Gasteiger partial charge in [-0.3, -0.25) is 4.79 Å². The molecule has 0 aliphatic carbocycles. The Morgan fingerprint density at radius 1 is 1.60 bits per heavy atom. The Kier molecular flexibility index (Phi) is 4.83. The van der Waals surface area contributed by atoms with Gasteiger partial charge in [0.2, 0.25) is 0 Å². The van der Waals surface area contributed by atoms with Crippen molar-refractivity contribution in [1.82, 2.24) is 9.78 Å². The summed E-state index contributed by atoms with van der Waals surface area (Å²) in [6.07, 6.45) is 7.60. The molecular formula is C14H14ClN3OS. The highest BCUT2D eigenvalue weighted by molar-refractivity contribution is 7.10. The van der Waals surface area contributed by atoms with E-state index >= 15 is 0 Å². The summed E-state index contributed by atoms with van der Waals surface area (Å²) in [5.74, 6) is 2.39. The summed E-state index contributed by atoms with van der Waals surface area (Å²) in [4.78, 5) is 13.4. The molecule has 104 valence electrons. The summed E-state index contributed by atoms with van der Waals surface area (Å²) in [7, 11) is 0. The normalized spacial score (nSPS) is 10.2. The van der Waals surface area contributed by atoms with Crippen molar-refractivity contribution in [3.8, 4) is 12.3 Å². The third-order valence-electron chi connectivity index (χ3n) is 2.88. The van der Waals surface area contributed by atoms with E-state index in [-0.39, 0.29) is 12.1 Å². The summed E-state index contributed by atoms with van der Waals surface area (Å²) in [5, 5.41) is 9.34. The second-order valence-corrected chi connectivity index (χ2v) is 5.52. The van der Waals surface area contributed by atoms with E-state index in [0.717, 1.165) is 6.42 Å². The van der Waals surface area contributed by atoms with Crippen molar-refractivity contribution in [2.45, 2.75) is 26.4 Å². The zero-order valence-electron chi connectivity index (χ0n) is 11.0. The van der Waals surface area contributed by atoms with Gasteiger partial charge in [-0.25, -0.2) is 4.68 Å². The van der Waals surface area contributed by atoms with Crippen LogP contribution in [0.3, 0.4) is 0 Å². The van der Waals surface area contributed by atoms with Crippen molar-refractivity contribution < 1.29 is 0 Å². The fraction of sp³-hybridized carbons (Fsp3) is 0.286. The molecule has 0 radical (unpaired) electrons. The average Bonchev–Trinajstić information content (AvgIpc) is 2.89. The van der Waals surface area contributed by atoms with Crippen LogP contribution in [0.25, 0.3) is 0 Å². The van der Waals surface area contributed by atoms with E-state index < -0.39 is 0 Å². The SMILES string of the molecule is C#CCn1ncc(Cl)c(NCc2sccc2CC)c1=O. The molecule has 2 aromatic heterocycles. The smallest absolute Gasteiger partial charge is 0.292 e. The Morgan fingerprint density at radius 2 is 2.40 bits per heavy atom. The highest BCUT2D eigenvalue weighted by atomic mass is 35.5. The quantitative estimate of drug-likeness (QED) is 0.864. The summed E-state index contributed by atoms with van der Waals surface area (Å²) >= 11 is 7.69. The van der Waals surface area contributed by atoms with Crippen LogP contribution in [0, 0.1) is 12.3 Å². The Labute approximate surface area is 126 Å². The Hall–Kier alpha value is -1.77. The van der Waals surface area contributed by atoms with Gasteiger partial charge in [0.05, 0.1) is 11.2 Å². The van der Waals surface area contributed by atoms with Gasteiger partial charge >= 0.3 is 0 Å². The third-order valence-corrected chi connectivity index (χ3v) is 4.13. The summed E-state index contributed by atoms with van der Waals surface area (Å²) < 4.78 is 1.21. The minimum absolute atomic E-state index is 0.129. The number of nitrogens with zero attached hydrogens (tertiary/aromatic N) is 2. The van der Waals surface area contributed by atoms with Crippen LogP contribution in [-0.2, 0) is 19.5 Å². The van der Waals surface area contributed by atoms with E-state index in [1.807, 2.05) is 5.38 Å². The number of aryl methyl sites for hydroxylation is 1. The van der Waals surface area contributed by atoms with Gasteiger partial charge in [0.15, 0.2) is 0 Å². The Balaban J connectivity index is 2.23. The maximum absolute atomic E-state index is 12.2. The van der Waals surface area contributed by atoms with Crippen molar-refractivity contribution >= 4 is 28.6 Å². The molecule has 6 heteroatoms. The average molecular weight is 308 g/mol. The molecular weight excluding hydrogens is 294 g/mol. The number of halogens is 1. The van der Waals surface area contributed by atoms with E-state index in [4.69, 9.17) is 18.0 Å². The molecule has 20 heavy (non-hydrogen) atoms. The molecule has 0 bridgehead atoms. The molecule has 1 N–H and O–H groups in total. The summed E-state index contributed by atoms with van der Waals surface area (Å²) in [6.45, 7) is 2.80. The first-order chi connectivity index (χ1) is 9.67. The second-order valence-electron chi connectivity index (χ2n) is 4.11. The first kappa shape index (κ1) is 14.6. The molecule has 0 fully saturated rings. The van der Waals surface area contributed by atoms with Gasteiger partial charge < -0.3 is 5.32 Å². The van der Waals surface area contributed by atoms with Gasteiger partial charge in [0.1, 0.15) is 12.2 Å². The number of thiophene rings is 1. The van der Waals surface area contributed by atoms with Gasteiger partial charge in [0.25, 0.3) is 5.56 Å². The zero-order valence-corrected chi connectivity index (χ0v) is 12.6. The zero-order chi connectivity index (χ0) is 14.5. The standard InChI is InChI=1S/C14H14ClN3OS/c1-3-6-18-14(19)13(11(15)8-17-18)16-9-12-10(4-2)5-7-20-12/h1,5,7-8,16H,4,6,9H2,2H3. The number of hydrogen-bond donors (Lipinski definition) is 1. The maximum atomic E-state index is 12.2. The van der Waals surface area contributed by atoms with Crippen molar-refractivity contribution in [3.05, 3.63) is 43.5 Å². The van der Waals surface area contributed by atoms with Gasteiger partial charge in [-0.15, -0.1) is 17.8 Å².